The molecule has 2 bridgehead atoms. The Morgan fingerprint density at radius 1 is 1.19 bits per heavy atom. The van der Waals surface area contributed by atoms with E-state index in [0.29, 0.717) is 35.3 Å². The highest BCUT2D eigenvalue weighted by atomic mass is 19.4. The van der Waals surface area contributed by atoms with E-state index < -0.39 is 24.6 Å². The molecule has 3 unspecified atom stereocenters. The van der Waals surface area contributed by atoms with Crippen molar-refractivity contribution in [2.45, 2.75) is 62.9 Å². The van der Waals surface area contributed by atoms with E-state index in [4.69, 9.17) is 10.7 Å². The van der Waals surface area contributed by atoms with Gasteiger partial charge in [0.05, 0.1) is 23.1 Å². The zero-order chi connectivity index (χ0) is 26.6. The van der Waals surface area contributed by atoms with Crippen LogP contribution in [0.2, 0.25) is 0 Å². The number of hydrogen-bond donors (Lipinski definition) is 3. The summed E-state index contributed by atoms with van der Waals surface area (Å²) < 4.78 is 39.8. The second-order valence-electron chi connectivity index (χ2n) is 9.54. The van der Waals surface area contributed by atoms with Crippen molar-refractivity contribution in [1.29, 1.82) is 0 Å². The number of aliphatic hydroxyl groups is 2. The number of Topliss-reactive ketones (excluding diaryl/α,β-unsaturated/α-hetero) is 1. The Bertz CT molecular complexity index is 1360. The van der Waals surface area contributed by atoms with Crippen molar-refractivity contribution in [3.63, 3.8) is 0 Å². The standard InChI is InChI=1S/C24H25F3N6O4/c1-11(35)19-20(13-6-14-3-4-15(7-13)32(14)18(36)10-34)31-23-16(9-30-33(23)22(19)28)12-2-5-17(29-8-12)21(37)24(25,26)27/h2,5,8-9,13-15,21,34,37H,3-4,6-7,10,28H2,1H3. The Morgan fingerprint density at radius 2 is 1.86 bits per heavy atom. The number of anilines is 1. The van der Waals surface area contributed by atoms with Crippen molar-refractivity contribution in [2.24, 2.45) is 0 Å². The number of piperidine rings is 1. The third-order valence-corrected chi connectivity index (χ3v) is 7.29. The zero-order valence-corrected chi connectivity index (χ0v) is 19.8. The number of rotatable bonds is 5. The van der Waals surface area contributed by atoms with Gasteiger partial charge < -0.3 is 20.8 Å². The van der Waals surface area contributed by atoms with Crippen molar-refractivity contribution in [2.75, 3.05) is 12.3 Å². The third-order valence-electron chi connectivity index (χ3n) is 7.29. The van der Waals surface area contributed by atoms with Crippen LogP contribution < -0.4 is 5.73 Å². The van der Waals surface area contributed by atoms with E-state index in [2.05, 4.69) is 10.1 Å². The average molecular weight is 518 g/mol. The predicted molar refractivity (Wildman–Crippen MR) is 124 cm³/mol. The smallest absolute Gasteiger partial charge is 0.387 e. The largest absolute Gasteiger partial charge is 0.420 e. The Kier molecular flexibility index (Phi) is 6.15. The van der Waals surface area contributed by atoms with Crippen molar-refractivity contribution < 1.29 is 33.0 Å². The van der Waals surface area contributed by atoms with E-state index in [-0.39, 0.29) is 41.1 Å². The molecule has 0 spiro atoms. The zero-order valence-electron chi connectivity index (χ0n) is 19.8. The summed E-state index contributed by atoms with van der Waals surface area (Å²) in [5, 5.41) is 23.1. The van der Waals surface area contributed by atoms with Crippen LogP contribution in [0.4, 0.5) is 19.0 Å². The number of amides is 1. The summed E-state index contributed by atoms with van der Waals surface area (Å²) in [6.07, 6.45) is -2.22. The minimum absolute atomic E-state index is 0.0800. The predicted octanol–water partition coefficient (Wildman–Crippen LogP) is 2.40. The highest BCUT2D eigenvalue weighted by Gasteiger charge is 2.45. The molecule has 196 valence electrons. The molecule has 0 saturated carbocycles. The first-order chi connectivity index (χ1) is 17.5. The topological polar surface area (TPSA) is 147 Å². The molecule has 10 nitrogen and oxygen atoms in total. The van der Waals surface area contributed by atoms with E-state index in [9.17, 15) is 33.0 Å². The van der Waals surface area contributed by atoms with E-state index in [1.54, 1.807) is 4.90 Å². The van der Waals surface area contributed by atoms with Crippen LogP contribution in [0.25, 0.3) is 16.8 Å². The van der Waals surface area contributed by atoms with Gasteiger partial charge in [0.1, 0.15) is 12.4 Å². The van der Waals surface area contributed by atoms with Gasteiger partial charge in [-0.2, -0.15) is 22.8 Å². The number of carbonyl (C=O) groups excluding carboxylic acids is 2. The minimum Gasteiger partial charge on any atom is -0.387 e. The number of halogens is 3. The molecule has 3 aromatic heterocycles. The number of carbonyl (C=O) groups is 2. The Morgan fingerprint density at radius 3 is 2.41 bits per heavy atom. The normalized spacial score (nSPS) is 22.4. The molecular weight excluding hydrogens is 493 g/mol. The number of fused-ring (bicyclic) bond motifs is 3. The van der Waals surface area contributed by atoms with Crippen LogP contribution in [0.1, 0.15) is 66.4 Å². The van der Waals surface area contributed by atoms with Gasteiger partial charge in [0.2, 0.25) is 5.91 Å². The molecule has 0 aliphatic carbocycles. The van der Waals surface area contributed by atoms with Crippen LogP contribution >= 0.6 is 0 Å². The molecule has 0 aromatic carbocycles. The molecule has 5 rings (SSSR count). The number of hydrogen-bond acceptors (Lipinski definition) is 8. The molecule has 13 heteroatoms. The van der Waals surface area contributed by atoms with E-state index in [1.807, 2.05) is 0 Å². The van der Waals surface area contributed by atoms with Crippen molar-refractivity contribution >= 4 is 23.2 Å². The molecule has 2 saturated heterocycles. The molecule has 4 N–H and O–H groups in total. The summed E-state index contributed by atoms with van der Waals surface area (Å²) in [4.78, 5) is 35.2. The molecule has 2 aliphatic rings. The van der Waals surface area contributed by atoms with E-state index >= 15 is 0 Å². The first-order valence-corrected chi connectivity index (χ1v) is 11.8. The maximum Gasteiger partial charge on any atom is 0.420 e. The number of aromatic nitrogens is 4. The summed E-state index contributed by atoms with van der Waals surface area (Å²) in [7, 11) is 0. The lowest BCUT2D eigenvalue weighted by molar-refractivity contribution is -0.207. The fourth-order valence-electron chi connectivity index (χ4n) is 5.68. The molecule has 3 aromatic rings. The molecule has 0 radical (unpaired) electrons. The minimum atomic E-state index is -4.84. The number of nitrogen functional groups attached to an aromatic ring is 1. The summed E-state index contributed by atoms with van der Waals surface area (Å²) in [6, 6.07) is 2.30. The van der Waals surface area contributed by atoms with Gasteiger partial charge in [-0.25, -0.2) is 4.98 Å². The SMILES string of the molecule is CC(=O)c1c(C2CC3CCC(C2)N3C(=O)CO)nc2c(-c3ccc(C(O)C(F)(F)F)nc3)cnn2c1N. The second kappa shape index (κ2) is 9.06. The van der Waals surface area contributed by atoms with Gasteiger partial charge in [-0.3, -0.25) is 14.6 Å². The van der Waals surface area contributed by atoms with Crippen molar-refractivity contribution in [3.05, 3.63) is 41.5 Å². The maximum atomic E-state index is 12.8. The van der Waals surface area contributed by atoms with Gasteiger partial charge in [-0.15, -0.1) is 0 Å². The number of alkyl halides is 3. The molecule has 3 atom stereocenters. The summed E-state index contributed by atoms with van der Waals surface area (Å²) in [5.41, 5.74) is 7.74. The molecule has 5 heterocycles. The average Bonchev–Trinajstić information content (AvgIpc) is 3.40. The first-order valence-electron chi connectivity index (χ1n) is 11.8. The lowest BCUT2D eigenvalue weighted by Crippen LogP contribution is -2.47. The summed E-state index contributed by atoms with van der Waals surface area (Å²) >= 11 is 0. The number of nitrogens with zero attached hydrogens (tertiary/aromatic N) is 5. The van der Waals surface area contributed by atoms with Crippen LogP contribution in [0, 0.1) is 0 Å². The number of ketones is 1. The number of nitrogens with two attached hydrogens (primary N) is 1. The van der Waals surface area contributed by atoms with Gasteiger partial charge in [0, 0.05) is 35.3 Å². The van der Waals surface area contributed by atoms with E-state index in [1.165, 1.54) is 29.9 Å². The van der Waals surface area contributed by atoms with Gasteiger partial charge in [-0.1, -0.05) is 6.07 Å². The van der Waals surface area contributed by atoms with Gasteiger partial charge in [-0.05, 0) is 38.7 Å². The molecule has 2 aliphatic heterocycles. The third kappa shape index (κ3) is 4.21. The quantitative estimate of drug-likeness (QED) is 0.437. The lowest BCUT2D eigenvalue weighted by atomic mass is 9.85. The van der Waals surface area contributed by atoms with Crippen molar-refractivity contribution in [3.8, 4) is 11.1 Å². The molecule has 37 heavy (non-hydrogen) atoms. The fraction of sp³-hybridized carbons (Fsp3) is 0.458. The number of pyridine rings is 1. The highest BCUT2D eigenvalue weighted by molar-refractivity contribution is 6.00. The molecular formula is C24H25F3N6O4. The van der Waals surface area contributed by atoms with Crippen molar-refractivity contribution in [1.82, 2.24) is 24.5 Å². The second-order valence-corrected chi connectivity index (χ2v) is 9.54. The Labute approximate surface area is 208 Å². The van der Waals surface area contributed by atoms with Gasteiger partial charge in [0.15, 0.2) is 17.5 Å². The fourth-order valence-corrected chi connectivity index (χ4v) is 5.68. The van der Waals surface area contributed by atoms with Gasteiger partial charge >= 0.3 is 6.18 Å². The van der Waals surface area contributed by atoms with Crippen LogP contribution in [0.3, 0.4) is 0 Å². The Balaban J connectivity index is 1.56. The molecule has 2 fully saturated rings. The number of aliphatic hydroxyl groups excluding tert-OH is 2. The monoisotopic (exact) mass is 518 g/mol. The lowest BCUT2D eigenvalue weighted by Gasteiger charge is -2.39. The summed E-state index contributed by atoms with van der Waals surface area (Å²) in [5.74, 6) is -0.675. The first kappa shape index (κ1) is 25.1. The van der Waals surface area contributed by atoms with Crippen LogP contribution in [-0.4, -0.2) is 71.3 Å². The Hall–Kier alpha value is -3.58. The van der Waals surface area contributed by atoms with Gasteiger partial charge in [0.25, 0.3) is 0 Å². The van der Waals surface area contributed by atoms with Crippen LogP contribution in [0.15, 0.2) is 24.5 Å². The molecule has 1 amide bonds. The van der Waals surface area contributed by atoms with Crippen LogP contribution in [0.5, 0.6) is 0 Å². The maximum absolute atomic E-state index is 12.8. The van der Waals surface area contributed by atoms with E-state index in [0.717, 1.165) is 18.9 Å². The summed E-state index contributed by atoms with van der Waals surface area (Å²) in [6.45, 7) is 0.834. The van der Waals surface area contributed by atoms with Crippen LogP contribution in [-0.2, 0) is 4.79 Å². The highest BCUT2D eigenvalue weighted by Crippen LogP contribution is 2.44.